The molecule has 39 heavy (non-hydrogen) atoms. The largest absolute Gasteiger partial charge is 0.477 e. The Labute approximate surface area is 226 Å². The summed E-state index contributed by atoms with van der Waals surface area (Å²) in [6, 6.07) is 0. The first-order chi connectivity index (χ1) is 18.4. The summed E-state index contributed by atoms with van der Waals surface area (Å²) in [5, 5.41) is 12.5. The van der Waals surface area contributed by atoms with Crippen LogP contribution in [0, 0.1) is 0 Å². The molecule has 2 saturated heterocycles. The minimum Gasteiger partial charge on any atom is -0.465 e. The zero-order chi connectivity index (χ0) is 29.3. The molecule has 5 atom stereocenters. The van der Waals surface area contributed by atoms with Gasteiger partial charge in [0, 0.05) is 26.7 Å². The summed E-state index contributed by atoms with van der Waals surface area (Å²) in [5.74, 6) is -5.30. The number of hydrogen-bond acceptors (Lipinski definition) is 14. The van der Waals surface area contributed by atoms with Crippen LogP contribution >= 0.6 is 7.82 Å². The molecule has 0 radical (unpaired) electrons. The van der Waals surface area contributed by atoms with E-state index < -0.39 is 68.3 Å². The Morgan fingerprint density at radius 2 is 1.64 bits per heavy atom. The number of rotatable bonds is 16. The SMILES string of the molecule is CCCCOP(=O)(OCCCC)O[C@]1(C(=O)OC)CC[C@@]2(NC(=O)O2)C([C@H](OC(C)=O)[C@@H](CO)OC(C)=O)O1. The Kier molecular flexibility index (Phi) is 12.1. The van der Waals surface area contributed by atoms with Crippen molar-refractivity contribution in [1.82, 2.24) is 5.32 Å². The summed E-state index contributed by atoms with van der Waals surface area (Å²) in [6.45, 7) is 5.02. The number of phosphoric ester groups is 1. The van der Waals surface area contributed by atoms with Crippen molar-refractivity contribution in [3.63, 3.8) is 0 Å². The zero-order valence-electron chi connectivity index (χ0n) is 22.8. The molecule has 0 aromatic carbocycles. The lowest BCUT2D eigenvalue weighted by Crippen LogP contribution is -2.77. The monoisotopic (exact) mass is 583 g/mol. The zero-order valence-corrected chi connectivity index (χ0v) is 23.7. The second kappa shape index (κ2) is 14.4. The van der Waals surface area contributed by atoms with Crippen molar-refractivity contribution in [3.05, 3.63) is 0 Å². The number of amides is 1. The van der Waals surface area contributed by atoms with Crippen LogP contribution in [0.3, 0.4) is 0 Å². The van der Waals surface area contributed by atoms with Gasteiger partial charge in [-0.2, -0.15) is 0 Å². The molecule has 2 aliphatic rings. The van der Waals surface area contributed by atoms with Crippen LogP contribution < -0.4 is 5.32 Å². The molecule has 0 aromatic rings. The van der Waals surface area contributed by atoms with Gasteiger partial charge in [-0.05, 0) is 12.8 Å². The summed E-state index contributed by atoms with van der Waals surface area (Å²) in [5.41, 5.74) is -1.69. The third-order valence-corrected chi connectivity index (χ3v) is 7.42. The highest BCUT2D eigenvalue weighted by atomic mass is 31.2. The molecular weight excluding hydrogens is 545 g/mol. The summed E-state index contributed by atoms with van der Waals surface area (Å²) in [4.78, 5) is 48.7. The normalized spacial score (nSPS) is 26.0. The summed E-state index contributed by atoms with van der Waals surface area (Å²) in [7, 11) is -3.42. The standard InChI is InChI=1S/C23H38NO14P/c1-6-8-12-32-39(30,33-13-9-7-2)38-23(20(28)31-5)11-10-22(24-21(29)37-22)19(36-23)18(35-16(4)27)17(14-25)34-15(3)26/h17-19,25H,6-14H2,1-5H3,(H,24,29)/t17-,18-,19?,22+,23+/m1/s1. The van der Waals surface area contributed by atoms with Gasteiger partial charge in [-0.1, -0.05) is 26.7 Å². The Balaban J connectivity index is 2.55. The molecule has 1 spiro atoms. The van der Waals surface area contributed by atoms with Crippen LogP contribution in [0.1, 0.15) is 66.2 Å². The second-order valence-corrected chi connectivity index (χ2v) is 10.6. The lowest BCUT2D eigenvalue weighted by molar-refractivity contribution is -0.328. The van der Waals surface area contributed by atoms with E-state index in [-0.39, 0.29) is 26.1 Å². The van der Waals surface area contributed by atoms with Crippen LogP contribution in [-0.4, -0.2) is 85.9 Å². The van der Waals surface area contributed by atoms with Crippen LogP contribution in [0.15, 0.2) is 0 Å². The number of esters is 3. The minimum atomic E-state index is -4.46. The molecule has 2 fully saturated rings. The Morgan fingerprint density at radius 3 is 2.08 bits per heavy atom. The number of carbonyl (C=O) groups excluding carboxylic acids is 4. The molecule has 0 saturated carbocycles. The average Bonchev–Trinajstić information content (AvgIpc) is 2.86. The van der Waals surface area contributed by atoms with Crippen LogP contribution in [0.25, 0.3) is 0 Å². The molecule has 224 valence electrons. The molecule has 15 nitrogen and oxygen atoms in total. The van der Waals surface area contributed by atoms with Crippen LogP contribution in [-0.2, 0) is 56.2 Å². The first-order valence-corrected chi connectivity index (χ1v) is 14.2. The second-order valence-electron chi connectivity index (χ2n) is 9.00. The van der Waals surface area contributed by atoms with Crippen LogP contribution in [0.4, 0.5) is 4.79 Å². The molecule has 0 aromatic heterocycles. The number of ether oxygens (including phenoxy) is 5. The van der Waals surface area contributed by atoms with E-state index in [0.29, 0.717) is 25.7 Å². The first-order valence-electron chi connectivity index (χ1n) is 12.7. The Bertz CT molecular complexity index is 907. The van der Waals surface area contributed by atoms with Crippen molar-refractivity contribution in [2.45, 2.75) is 96.0 Å². The number of aliphatic hydroxyl groups is 1. The molecule has 16 heteroatoms. The quantitative estimate of drug-likeness (QED) is 0.116. The highest BCUT2D eigenvalue weighted by Crippen LogP contribution is 2.57. The van der Waals surface area contributed by atoms with Gasteiger partial charge in [0.25, 0.3) is 5.79 Å². The van der Waals surface area contributed by atoms with Gasteiger partial charge < -0.3 is 28.8 Å². The van der Waals surface area contributed by atoms with E-state index in [0.717, 1.165) is 21.0 Å². The van der Waals surface area contributed by atoms with E-state index in [1.54, 1.807) is 0 Å². The predicted octanol–water partition coefficient (Wildman–Crippen LogP) is 2.08. The van der Waals surface area contributed by atoms with Gasteiger partial charge in [0.2, 0.25) is 5.72 Å². The third-order valence-electron chi connectivity index (χ3n) is 5.91. The molecule has 2 rings (SSSR count). The summed E-state index contributed by atoms with van der Waals surface area (Å²) in [6.07, 6.45) is -3.78. The van der Waals surface area contributed by atoms with Gasteiger partial charge >= 0.3 is 31.8 Å². The van der Waals surface area contributed by atoms with Crippen molar-refractivity contribution in [3.8, 4) is 0 Å². The first kappa shape index (κ1) is 32.9. The van der Waals surface area contributed by atoms with Crippen molar-refractivity contribution < 1.29 is 66.1 Å². The molecule has 1 unspecified atom stereocenters. The van der Waals surface area contributed by atoms with Crippen molar-refractivity contribution in [2.75, 3.05) is 26.9 Å². The summed E-state index contributed by atoms with van der Waals surface area (Å²) < 4.78 is 57.0. The van der Waals surface area contributed by atoms with E-state index in [1.165, 1.54) is 0 Å². The number of hydrogen-bond donors (Lipinski definition) is 2. The van der Waals surface area contributed by atoms with Gasteiger partial charge in [0.1, 0.15) is 0 Å². The number of unbranched alkanes of at least 4 members (excludes halogenated alkanes) is 2. The van der Waals surface area contributed by atoms with Crippen molar-refractivity contribution >= 4 is 31.8 Å². The molecule has 2 heterocycles. The summed E-state index contributed by atoms with van der Waals surface area (Å²) >= 11 is 0. The minimum absolute atomic E-state index is 0.0151. The number of phosphoric acid groups is 1. The van der Waals surface area contributed by atoms with Crippen molar-refractivity contribution in [1.29, 1.82) is 0 Å². The maximum atomic E-state index is 13.7. The fraction of sp³-hybridized carbons (Fsp3) is 0.826. The van der Waals surface area contributed by atoms with Crippen LogP contribution in [0.5, 0.6) is 0 Å². The molecule has 2 aliphatic heterocycles. The fourth-order valence-corrected chi connectivity index (χ4v) is 5.49. The fourth-order valence-electron chi connectivity index (χ4n) is 4.04. The van der Waals surface area contributed by atoms with E-state index in [2.05, 4.69) is 5.32 Å². The Morgan fingerprint density at radius 1 is 1.08 bits per heavy atom. The smallest absolute Gasteiger partial charge is 0.465 e. The highest BCUT2D eigenvalue weighted by Gasteiger charge is 2.67. The van der Waals surface area contributed by atoms with E-state index in [4.69, 9.17) is 37.3 Å². The van der Waals surface area contributed by atoms with E-state index in [9.17, 15) is 28.8 Å². The maximum Gasteiger partial charge on any atom is 0.477 e. The average molecular weight is 584 g/mol. The van der Waals surface area contributed by atoms with Crippen LogP contribution in [0.2, 0.25) is 0 Å². The highest BCUT2D eigenvalue weighted by molar-refractivity contribution is 7.48. The molecule has 0 bridgehead atoms. The number of methoxy groups -OCH3 is 1. The number of nitrogens with one attached hydrogen (secondary N) is 1. The topological polar surface area (TPSA) is 191 Å². The molecular formula is C23H38NO14P. The molecule has 1 amide bonds. The van der Waals surface area contributed by atoms with E-state index >= 15 is 0 Å². The molecule has 0 aliphatic carbocycles. The number of carbonyl (C=O) groups is 4. The van der Waals surface area contributed by atoms with Gasteiger partial charge in [0.05, 0.1) is 26.9 Å². The third kappa shape index (κ3) is 8.35. The van der Waals surface area contributed by atoms with Gasteiger partial charge in [-0.25, -0.2) is 18.7 Å². The maximum absolute atomic E-state index is 13.7. The lowest BCUT2D eigenvalue weighted by atomic mass is 9.86. The lowest BCUT2D eigenvalue weighted by Gasteiger charge is -2.54. The predicted molar refractivity (Wildman–Crippen MR) is 130 cm³/mol. The molecule has 2 N–H and O–H groups in total. The van der Waals surface area contributed by atoms with Gasteiger partial charge in [-0.3, -0.25) is 24.0 Å². The Hall–Kier alpha value is -2.29. The van der Waals surface area contributed by atoms with E-state index in [1.807, 2.05) is 13.8 Å². The van der Waals surface area contributed by atoms with Gasteiger partial charge in [-0.15, -0.1) is 0 Å². The number of aliphatic hydroxyl groups excluding tert-OH is 1. The van der Waals surface area contributed by atoms with Gasteiger partial charge in [0.15, 0.2) is 18.3 Å². The van der Waals surface area contributed by atoms with Crippen molar-refractivity contribution in [2.24, 2.45) is 0 Å².